The van der Waals surface area contributed by atoms with Gasteiger partial charge in [-0.05, 0) is 32.5 Å². The minimum atomic E-state index is -1.43. The van der Waals surface area contributed by atoms with Gasteiger partial charge in [0.2, 0.25) is 0 Å². The van der Waals surface area contributed by atoms with Crippen LogP contribution in [0.3, 0.4) is 0 Å². The predicted molar refractivity (Wildman–Crippen MR) is 64.8 cm³/mol. The fraction of sp³-hybridized carbons (Fsp3) is 0.667. The second kappa shape index (κ2) is 4.45. The van der Waals surface area contributed by atoms with Crippen LogP contribution in [0.1, 0.15) is 12.8 Å². The van der Waals surface area contributed by atoms with Crippen molar-refractivity contribution >= 4 is 8.32 Å². The Morgan fingerprint density at radius 3 is 1.79 bits per heavy atom. The first-order valence-corrected chi connectivity index (χ1v) is 8.81. The summed E-state index contributed by atoms with van der Waals surface area (Å²) in [5.41, 5.74) is 0. The third kappa shape index (κ3) is 2.82. The molecule has 14 heavy (non-hydrogen) atoms. The molecule has 0 aromatic rings. The maximum absolute atomic E-state index is 6.20. The smallest absolute Gasteiger partial charge is 0.184 e. The molecular formula is C12H22OSi. The second-order valence-corrected chi connectivity index (χ2v) is 9.53. The van der Waals surface area contributed by atoms with E-state index in [0.717, 1.165) is 0 Å². The van der Waals surface area contributed by atoms with E-state index in [9.17, 15) is 0 Å². The lowest BCUT2D eigenvalue weighted by molar-refractivity contribution is 0.145. The Bertz CT molecular complexity index is 201. The van der Waals surface area contributed by atoms with Gasteiger partial charge in [0.05, 0.1) is 6.10 Å². The van der Waals surface area contributed by atoms with Gasteiger partial charge in [-0.15, -0.1) is 13.2 Å². The van der Waals surface area contributed by atoms with Crippen LogP contribution < -0.4 is 0 Å². The van der Waals surface area contributed by atoms with Crippen LogP contribution in [0, 0.1) is 11.8 Å². The summed E-state index contributed by atoms with van der Waals surface area (Å²) < 4.78 is 6.20. The summed E-state index contributed by atoms with van der Waals surface area (Å²) in [6.45, 7) is 14.5. The Hall–Kier alpha value is -0.343. The molecular weight excluding hydrogens is 188 g/mol. The predicted octanol–water partition coefficient (Wildman–Crippen LogP) is 3.60. The van der Waals surface area contributed by atoms with E-state index in [0.29, 0.717) is 17.9 Å². The fourth-order valence-electron chi connectivity index (χ4n) is 2.12. The lowest BCUT2D eigenvalue weighted by Gasteiger charge is -2.29. The van der Waals surface area contributed by atoms with Gasteiger partial charge in [-0.2, -0.15) is 0 Å². The van der Waals surface area contributed by atoms with E-state index in [2.05, 4.69) is 32.8 Å². The molecule has 2 heteroatoms. The minimum Gasteiger partial charge on any atom is -0.414 e. The number of rotatable bonds is 4. The average molecular weight is 210 g/mol. The van der Waals surface area contributed by atoms with Gasteiger partial charge >= 0.3 is 0 Å². The van der Waals surface area contributed by atoms with Gasteiger partial charge in [0.25, 0.3) is 0 Å². The molecule has 0 radical (unpaired) electrons. The molecule has 1 fully saturated rings. The zero-order valence-corrected chi connectivity index (χ0v) is 10.6. The van der Waals surface area contributed by atoms with Crippen LogP contribution in [0.5, 0.6) is 0 Å². The fourth-order valence-corrected chi connectivity index (χ4v) is 3.28. The zero-order chi connectivity index (χ0) is 10.8. The Morgan fingerprint density at radius 2 is 1.50 bits per heavy atom. The molecule has 0 N–H and O–H groups in total. The Morgan fingerprint density at radius 1 is 1.07 bits per heavy atom. The summed E-state index contributed by atoms with van der Waals surface area (Å²) in [4.78, 5) is 0. The first-order valence-electron chi connectivity index (χ1n) is 5.41. The van der Waals surface area contributed by atoms with Gasteiger partial charge in [-0.3, -0.25) is 0 Å². The molecule has 0 heterocycles. The number of hydrogen-bond donors (Lipinski definition) is 0. The highest BCUT2D eigenvalue weighted by atomic mass is 28.4. The van der Waals surface area contributed by atoms with Crippen molar-refractivity contribution in [3.05, 3.63) is 25.3 Å². The van der Waals surface area contributed by atoms with Crippen LogP contribution >= 0.6 is 0 Å². The molecule has 0 amide bonds. The van der Waals surface area contributed by atoms with Crippen molar-refractivity contribution in [2.24, 2.45) is 11.8 Å². The van der Waals surface area contributed by atoms with Gasteiger partial charge in [0.1, 0.15) is 0 Å². The summed E-state index contributed by atoms with van der Waals surface area (Å²) in [7, 11) is -1.43. The van der Waals surface area contributed by atoms with Crippen LogP contribution in [0.4, 0.5) is 0 Å². The Kier molecular flexibility index (Phi) is 3.73. The molecule has 0 aliphatic heterocycles. The first-order chi connectivity index (χ1) is 6.48. The second-order valence-electron chi connectivity index (χ2n) is 5.07. The lowest BCUT2D eigenvalue weighted by Crippen LogP contribution is -2.36. The molecule has 0 bridgehead atoms. The van der Waals surface area contributed by atoms with E-state index in [-0.39, 0.29) is 0 Å². The largest absolute Gasteiger partial charge is 0.414 e. The van der Waals surface area contributed by atoms with Crippen molar-refractivity contribution in [1.29, 1.82) is 0 Å². The average Bonchev–Trinajstić information content (AvgIpc) is 2.44. The van der Waals surface area contributed by atoms with E-state index < -0.39 is 8.32 Å². The normalized spacial score (nSPS) is 32.9. The summed E-state index contributed by atoms with van der Waals surface area (Å²) >= 11 is 0. The van der Waals surface area contributed by atoms with Gasteiger partial charge in [-0.25, -0.2) is 0 Å². The van der Waals surface area contributed by atoms with Gasteiger partial charge < -0.3 is 4.43 Å². The van der Waals surface area contributed by atoms with Crippen molar-refractivity contribution in [2.75, 3.05) is 0 Å². The first kappa shape index (κ1) is 11.7. The Labute approximate surface area is 89.0 Å². The molecule has 1 saturated carbocycles. The molecule has 0 aromatic carbocycles. The zero-order valence-electron chi connectivity index (χ0n) is 9.62. The monoisotopic (exact) mass is 210 g/mol. The highest BCUT2D eigenvalue weighted by Crippen LogP contribution is 2.36. The van der Waals surface area contributed by atoms with E-state index in [4.69, 9.17) is 4.43 Å². The molecule has 1 aliphatic carbocycles. The highest BCUT2D eigenvalue weighted by Gasteiger charge is 2.36. The van der Waals surface area contributed by atoms with E-state index in [1.165, 1.54) is 12.8 Å². The van der Waals surface area contributed by atoms with Crippen molar-refractivity contribution in [3.8, 4) is 0 Å². The van der Waals surface area contributed by atoms with Crippen molar-refractivity contribution in [2.45, 2.75) is 38.6 Å². The van der Waals surface area contributed by atoms with Gasteiger partial charge in [0.15, 0.2) is 8.32 Å². The highest BCUT2D eigenvalue weighted by molar-refractivity contribution is 6.69. The number of hydrogen-bond acceptors (Lipinski definition) is 1. The third-order valence-corrected chi connectivity index (χ3v) is 3.75. The van der Waals surface area contributed by atoms with Crippen LogP contribution in [0.2, 0.25) is 19.6 Å². The van der Waals surface area contributed by atoms with Crippen molar-refractivity contribution < 1.29 is 4.43 Å². The Balaban J connectivity index is 2.69. The maximum atomic E-state index is 6.20. The van der Waals surface area contributed by atoms with E-state index in [1.54, 1.807) is 0 Å². The van der Waals surface area contributed by atoms with Crippen LogP contribution in [-0.2, 0) is 4.43 Å². The molecule has 0 spiro atoms. The third-order valence-electron chi connectivity index (χ3n) is 2.77. The molecule has 3 atom stereocenters. The van der Waals surface area contributed by atoms with Crippen LogP contribution in [-0.4, -0.2) is 14.4 Å². The van der Waals surface area contributed by atoms with Crippen molar-refractivity contribution in [1.82, 2.24) is 0 Å². The van der Waals surface area contributed by atoms with Gasteiger partial charge in [-0.1, -0.05) is 12.2 Å². The molecule has 0 aromatic heterocycles. The molecule has 1 rings (SSSR count). The summed E-state index contributed by atoms with van der Waals surface area (Å²) in [6, 6.07) is 0. The van der Waals surface area contributed by atoms with Crippen molar-refractivity contribution in [3.63, 3.8) is 0 Å². The van der Waals surface area contributed by atoms with E-state index in [1.807, 2.05) is 12.2 Å². The van der Waals surface area contributed by atoms with E-state index >= 15 is 0 Å². The minimum absolute atomic E-state index is 0.344. The lowest BCUT2D eigenvalue weighted by atomic mass is 10.0. The summed E-state index contributed by atoms with van der Waals surface area (Å²) in [5, 5.41) is 0. The topological polar surface area (TPSA) is 9.23 Å². The maximum Gasteiger partial charge on any atom is 0.184 e. The molecule has 1 aliphatic rings. The van der Waals surface area contributed by atoms with Crippen LogP contribution in [0.15, 0.2) is 25.3 Å². The molecule has 80 valence electrons. The molecule has 1 unspecified atom stereocenters. The van der Waals surface area contributed by atoms with Crippen LogP contribution in [0.25, 0.3) is 0 Å². The standard InChI is InChI=1S/C12H22OSi/c1-6-10-8-9-11(7-2)12(10)13-14(3,4)5/h6-7,10-12H,1-2,8-9H2,3-5H3/t10-,11+,12?. The SMILES string of the molecule is C=C[C@@H]1CC[C@H](C=C)C1O[Si](C)(C)C. The van der Waals surface area contributed by atoms with Gasteiger partial charge in [0, 0.05) is 11.8 Å². The quantitative estimate of drug-likeness (QED) is 0.509. The molecule has 0 saturated heterocycles. The molecule has 1 nitrogen and oxygen atoms in total. The summed E-state index contributed by atoms with van der Waals surface area (Å²) in [5.74, 6) is 1.06. The summed E-state index contributed by atoms with van der Waals surface area (Å²) in [6.07, 6.45) is 6.85.